The lowest BCUT2D eigenvalue weighted by atomic mass is 9.93. The van der Waals surface area contributed by atoms with Crippen LogP contribution in [0.1, 0.15) is 48.0 Å². The van der Waals surface area contributed by atoms with E-state index in [1.54, 1.807) is 0 Å². The molecule has 3 nitrogen and oxygen atoms in total. The Bertz CT molecular complexity index is 1010. The topological polar surface area (TPSA) is 33.2 Å². The van der Waals surface area contributed by atoms with Crippen molar-refractivity contribution < 1.29 is 4.79 Å². The summed E-state index contributed by atoms with van der Waals surface area (Å²) in [6, 6.07) is 16.5. The number of fused-ring (bicyclic) bond motifs is 1. The van der Waals surface area contributed by atoms with E-state index in [1.807, 2.05) is 54.4 Å². The number of rotatable bonds is 3. The van der Waals surface area contributed by atoms with Gasteiger partial charge in [-0.2, -0.15) is 0 Å². The first-order valence-electron chi connectivity index (χ1n) is 9.98. The number of halogens is 1. The highest BCUT2D eigenvalue weighted by molar-refractivity contribution is 9.10. The second kappa shape index (κ2) is 8.04. The Hall–Kier alpha value is -2.20. The monoisotopic (exact) mass is 436 g/mol. The van der Waals surface area contributed by atoms with Crippen molar-refractivity contribution in [1.82, 2.24) is 9.88 Å². The number of aryl methyl sites for hydroxylation is 1. The van der Waals surface area contributed by atoms with Crippen LogP contribution in [0.5, 0.6) is 0 Å². The molecular weight excluding hydrogens is 412 g/mol. The van der Waals surface area contributed by atoms with Gasteiger partial charge in [0.2, 0.25) is 0 Å². The third kappa shape index (κ3) is 3.70. The fraction of sp³-hybridized carbons (Fsp3) is 0.333. The van der Waals surface area contributed by atoms with E-state index in [1.165, 1.54) is 19.3 Å². The molecule has 28 heavy (non-hydrogen) atoms. The van der Waals surface area contributed by atoms with Gasteiger partial charge in [0.15, 0.2) is 0 Å². The molecule has 0 unspecified atom stereocenters. The number of pyridine rings is 1. The van der Waals surface area contributed by atoms with E-state index in [-0.39, 0.29) is 5.91 Å². The molecule has 1 fully saturated rings. The molecule has 0 N–H and O–H groups in total. The third-order valence-electron chi connectivity index (χ3n) is 5.85. The quantitative estimate of drug-likeness (QED) is 0.477. The maximum absolute atomic E-state index is 13.5. The smallest absolute Gasteiger partial charge is 0.254 e. The SMILES string of the molecule is Cc1cccc2c(C(=O)N(C)C3CCCCC3)cc(-c3ccc(Br)cc3)nc12. The normalized spacial score (nSPS) is 15.0. The summed E-state index contributed by atoms with van der Waals surface area (Å²) >= 11 is 3.49. The van der Waals surface area contributed by atoms with Crippen molar-refractivity contribution in [3.63, 3.8) is 0 Å². The van der Waals surface area contributed by atoms with Gasteiger partial charge in [0.05, 0.1) is 16.8 Å². The van der Waals surface area contributed by atoms with E-state index in [2.05, 4.69) is 28.9 Å². The number of carbonyl (C=O) groups excluding carboxylic acids is 1. The Morgan fingerprint density at radius 3 is 2.50 bits per heavy atom. The standard InChI is InChI=1S/C24H25BrN2O/c1-16-7-6-10-20-21(24(28)27(2)19-8-4-3-5-9-19)15-22(26-23(16)20)17-11-13-18(25)14-12-17/h6-7,10-15,19H,3-5,8-9H2,1-2H3. The van der Waals surface area contributed by atoms with E-state index < -0.39 is 0 Å². The first-order chi connectivity index (χ1) is 13.5. The number of benzene rings is 2. The molecule has 0 spiro atoms. The van der Waals surface area contributed by atoms with Crippen molar-refractivity contribution in [2.75, 3.05) is 7.05 Å². The molecule has 4 rings (SSSR count). The molecular formula is C24H25BrN2O. The van der Waals surface area contributed by atoms with Gasteiger partial charge in [0.1, 0.15) is 0 Å². The van der Waals surface area contributed by atoms with Crippen LogP contribution in [-0.4, -0.2) is 28.9 Å². The molecule has 3 aromatic rings. The van der Waals surface area contributed by atoms with E-state index in [0.717, 1.165) is 50.6 Å². The number of hydrogen-bond acceptors (Lipinski definition) is 2. The zero-order valence-corrected chi connectivity index (χ0v) is 18.0. The van der Waals surface area contributed by atoms with E-state index in [4.69, 9.17) is 4.98 Å². The van der Waals surface area contributed by atoms with Crippen molar-refractivity contribution in [2.45, 2.75) is 45.1 Å². The van der Waals surface area contributed by atoms with Gasteiger partial charge in [0, 0.05) is 28.5 Å². The van der Waals surface area contributed by atoms with Crippen LogP contribution in [0.2, 0.25) is 0 Å². The summed E-state index contributed by atoms with van der Waals surface area (Å²) < 4.78 is 1.03. The van der Waals surface area contributed by atoms with Gasteiger partial charge < -0.3 is 4.90 Å². The van der Waals surface area contributed by atoms with Gasteiger partial charge in [-0.1, -0.05) is 65.5 Å². The molecule has 0 aliphatic heterocycles. The van der Waals surface area contributed by atoms with Crippen LogP contribution in [0.25, 0.3) is 22.2 Å². The minimum absolute atomic E-state index is 0.100. The average molecular weight is 437 g/mol. The lowest BCUT2D eigenvalue weighted by Gasteiger charge is -2.31. The Morgan fingerprint density at radius 1 is 1.07 bits per heavy atom. The van der Waals surface area contributed by atoms with Crippen molar-refractivity contribution in [3.8, 4) is 11.3 Å². The third-order valence-corrected chi connectivity index (χ3v) is 6.38. The first kappa shape index (κ1) is 19.1. The number of amides is 1. The van der Waals surface area contributed by atoms with Crippen LogP contribution in [0.4, 0.5) is 0 Å². The fourth-order valence-electron chi connectivity index (χ4n) is 4.16. The van der Waals surface area contributed by atoms with Crippen LogP contribution < -0.4 is 0 Å². The molecule has 1 heterocycles. The Morgan fingerprint density at radius 2 is 1.79 bits per heavy atom. The summed E-state index contributed by atoms with van der Waals surface area (Å²) in [6.07, 6.45) is 5.91. The van der Waals surface area contributed by atoms with Crippen molar-refractivity contribution in [1.29, 1.82) is 0 Å². The molecule has 0 bridgehead atoms. The largest absolute Gasteiger partial charge is 0.339 e. The Labute approximate surface area is 174 Å². The number of aromatic nitrogens is 1. The van der Waals surface area contributed by atoms with Gasteiger partial charge >= 0.3 is 0 Å². The van der Waals surface area contributed by atoms with Crippen LogP contribution in [0.15, 0.2) is 53.0 Å². The Balaban J connectivity index is 1.82. The lowest BCUT2D eigenvalue weighted by molar-refractivity contribution is 0.0698. The minimum atomic E-state index is 0.100. The predicted octanol–water partition coefficient (Wildman–Crippen LogP) is 6.38. The maximum Gasteiger partial charge on any atom is 0.254 e. The number of hydrogen-bond donors (Lipinski definition) is 0. The summed E-state index contributed by atoms with van der Waals surface area (Å²) in [5, 5.41) is 0.938. The summed E-state index contributed by atoms with van der Waals surface area (Å²) in [5.41, 5.74) is 4.60. The highest BCUT2D eigenvalue weighted by Crippen LogP contribution is 2.30. The van der Waals surface area contributed by atoms with Gasteiger partial charge in [-0.25, -0.2) is 4.98 Å². The van der Waals surface area contributed by atoms with Crippen molar-refractivity contribution in [3.05, 3.63) is 64.1 Å². The average Bonchev–Trinajstić information content (AvgIpc) is 2.73. The van der Waals surface area contributed by atoms with Gasteiger partial charge in [-0.15, -0.1) is 0 Å². The zero-order chi connectivity index (χ0) is 19.7. The molecule has 0 saturated heterocycles. The maximum atomic E-state index is 13.5. The van der Waals surface area contributed by atoms with E-state index >= 15 is 0 Å². The molecule has 2 aromatic carbocycles. The Kier molecular flexibility index (Phi) is 5.49. The minimum Gasteiger partial charge on any atom is -0.339 e. The van der Waals surface area contributed by atoms with Crippen LogP contribution in [0.3, 0.4) is 0 Å². The summed E-state index contributed by atoms with van der Waals surface area (Å²) in [7, 11) is 1.96. The number of para-hydroxylation sites is 1. The van der Waals surface area contributed by atoms with Gasteiger partial charge in [0.25, 0.3) is 5.91 Å². The molecule has 0 radical (unpaired) electrons. The molecule has 1 aromatic heterocycles. The molecule has 1 aliphatic rings. The second-order valence-corrected chi connectivity index (χ2v) is 8.66. The van der Waals surface area contributed by atoms with Gasteiger partial charge in [-0.3, -0.25) is 4.79 Å². The fourth-order valence-corrected chi connectivity index (χ4v) is 4.43. The molecule has 1 aliphatic carbocycles. The second-order valence-electron chi connectivity index (χ2n) is 7.74. The first-order valence-corrected chi connectivity index (χ1v) is 10.8. The molecule has 1 amide bonds. The number of carbonyl (C=O) groups is 1. The van der Waals surface area contributed by atoms with Crippen molar-refractivity contribution >= 4 is 32.7 Å². The van der Waals surface area contributed by atoms with Gasteiger partial charge in [-0.05, 0) is 43.5 Å². The summed E-state index contributed by atoms with van der Waals surface area (Å²) in [5.74, 6) is 0.100. The summed E-state index contributed by atoms with van der Waals surface area (Å²) in [4.78, 5) is 20.4. The molecule has 4 heteroatoms. The number of nitrogens with zero attached hydrogens (tertiary/aromatic N) is 2. The summed E-state index contributed by atoms with van der Waals surface area (Å²) in [6.45, 7) is 2.06. The highest BCUT2D eigenvalue weighted by atomic mass is 79.9. The van der Waals surface area contributed by atoms with Crippen LogP contribution in [-0.2, 0) is 0 Å². The highest BCUT2D eigenvalue weighted by Gasteiger charge is 2.25. The zero-order valence-electron chi connectivity index (χ0n) is 16.4. The van der Waals surface area contributed by atoms with E-state index in [0.29, 0.717) is 6.04 Å². The lowest BCUT2D eigenvalue weighted by Crippen LogP contribution is -2.38. The molecule has 144 valence electrons. The van der Waals surface area contributed by atoms with Crippen LogP contribution in [0, 0.1) is 6.92 Å². The van der Waals surface area contributed by atoms with Crippen molar-refractivity contribution in [2.24, 2.45) is 0 Å². The van der Waals surface area contributed by atoms with Crippen LogP contribution >= 0.6 is 15.9 Å². The van der Waals surface area contributed by atoms with E-state index in [9.17, 15) is 4.79 Å². The molecule has 1 saturated carbocycles. The molecule has 0 atom stereocenters. The predicted molar refractivity (Wildman–Crippen MR) is 119 cm³/mol.